The quantitative estimate of drug-likeness (QED) is 0.877. The largest absolute Gasteiger partial charge is 0.304 e. The summed E-state index contributed by atoms with van der Waals surface area (Å²) in [4.78, 5) is 24.0. The third-order valence-corrected chi connectivity index (χ3v) is 6.80. The van der Waals surface area contributed by atoms with Gasteiger partial charge >= 0.3 is 0 Å². The smallest absolute Gasteiger partial charge is 0.240 e. The lowest BCUT2D eigenvalue weighted by molar-refractivity contribution is -0.119. The molecule has 1 aromatic heterocycles. The van der Waals surface area contributed by atoms with Crippen LogP contribution in [0.3, 0.4) is 0 Å². The van der Waals surface area contributed by atoms with Gasteiger partial charge in [0, 0.05) is 56.9 Å². The molecule has 0 unspecified atom stereocenters. The number of amides is 1. The molecular formula is C18H29N5OS. The van der Waals surface area contributed by atoms with Crippen molar-refractivity contribution in [3.8, 4) is 0 Å². The van der Waals surface area contributed by atoms with Crippen molar-refractivity contribution < 1.29 is 4.79 Å². The number of nitrogens with zero attached hydrogens (tertiary/aromatic N) is 4. The Hall–Kier alpha value is -1.02. The molecule has 6 nitrogen and oxygen atoms in total. The molecule has 0 spiro atoms. The fourth-order valence-electron chi connectivity index (χ4n) is 5.00. The van der Waals surface area contributed by atoms with E-state index in [-0.39, 0.29) is 5.91 Å². The number of likely N-dealkylation sites (N-methyl/N-ethyl adjacent to an activating group) is 1. The Kier molecular flexibility index (Phi) is 5.36. The van der Waals surface area contributed by atoms with Gasteiger partial charge < -0.3 is 10.2 Å². The molecule has 1 amide bonds. The van der Waals surface area contributed by atoms with Crippen LogP contribution in [0.4, 0.5) is 5.13 Å². The molecule has 4 rings (SSSR count). The normalized spacial score (nSPS) is 31.8. The lowest BCUT2D eigenvalue weighted by atomic mass is 9.72. The van der Waals surface area contributed by atoms with Crippen molar-refractivity contribution in [1.29, 1.82) is 0 Å². The van der Waals surface area contributed by atoms with Crippen LogP contribution in [0.25, 0.3) is 0 Å². The Morgan fingerprint density at radius 3 is 2.60 bits per heavy atom. The van der Waals surface area contributed by atoms with E-state index in [0.29, 0.717) is 11.7 Å². The van der Waals surface area contributed by atoms with Crippen molar-refractivity contribution in [1.82, 2.24) is 19.7 Å². The Balaban J connectivity index is 1.35. The van der Waals surface area contributed by atoms with Gasteiger partial charge in [0.2, 0.25) is 5.91 Å². The number of anilines is 1. The first-order valence-corrected chi connectivity index (χ1v) is 10.4. The molecule has 3 aliphatic rings. The highest BCUT2D eigenvalue weighted by Crippen LogP contribution is 2.38. The van der Waals surface area contributed by atoms with Gasteiger partial charge in [0.05, 0.1) is 6.54 Å². The van der Waals surface area contributed by atoms with Crippen LogP contribution < -0.4 is 5.32 Å². The number of hydrogen-bond donors (Lipinski definition) is 1. The molecular weight excluding hydrogens is 334 g/mol. The lowest BCUT2D eigenvalue weighted by Gasteiger charge is -2.53. The molecule has 2 aliphatic heterocycles. The number of carbonyl (C=O) groups excluding carboxylic acids is 1. The van der Waals surface area contributed by atoms with E-state index in [9.17, 15) is 4.79 Å². The highest BCUT2D eigenvalue weighted by molar-refractivity contribution is 7.13. The Bertz CT molecular complexity index is 558. The Labute approximate surface area is 154 Å². The van der Waals surface area contributed by atoms with Crippen molar-refractivity contribution in [2.24, 2.45) is 11.8 Å². The maximum absolute atomic E-state index is 12.3. The number of aromatic nitrogens is 1. The average Bonchev–Trinajstić information content (AvgIpc) is 3.08. The summed E-state index contributed by atoms with van der Waals surface area (Å²) in [5.41, 5.74) is 0. The van der Waals surface area contributed by atoms with Gasteiger partial charge in [-0.2, -0.15) is 0 Å². The summed E-state index contributed by atoms with van der Waals surface area (Å²) in [6.45, 7) is 7.43. The monoisotopic (exact) mass is 363 g/mol. The zero-order chi connectivity index (χ0) is 17.2. The molecule has 2 saturated heterocycles. The number of fused-ring (bicyclic) bond motifs is 2. The van der Waals surface area contributed by atoms with Gasteiger partial charge in [0.25, 0.3) is 0 Å². The average molecular weight is 364 g/mol. The van der Waals surface area contributed by atoms with Gasteiger partial charge in [0.1, 0.15) is 0 Å². The van der Waals surface area contributed by atoms with E-state index in [1.165, 1.54) is 56.8 Å². The van der Waals surface area contributed by atoms with Crippen LogP contribution in [-0.4, -0.2) is 84.5 Å². The molecule has 3 fully saturated rings. The van der Waals surface area contributed by atoms with Crippen molar-refractivity contribution in [2.75, 3.05) is 58.2 Å². The van der Waals surface area contributed by atoms with Crippen LogP contribution >= 0.6 is 11.3 Å². The fourth-order valence-corrected chi connectivity index (χ4v) is 5.54. The number of thiazole rings is 1. The zero-order valence-corrected chi connectivity index (χ0v) is 15.9. The van der Waals surface area contributed by atoms with Crippen LogP contribution in [0.1, 0.15) is 19.3 Å². The summed E-state index contributed by atoms with van der Waals surface area (Å²) >= 11 is 1.48. The summed E-state index contributed by atoms with van der Waals surface area (Å²) in [6.07, 6.45) is 5.72. The molecule has 1 aromatic rings. The highest BCUT2D eigenvalue weighted by atomic mass is 32.1. The second-order valence-corrected chi connectivity index (χ2v) is 8.75. The maximum Gasteiger partial charge on any atom is 0.240 e. The molecule has 3 heterocycles. The zero-order valence-electron chi connectivity index (χ0n) is 15.1. The number of hydrogen-bond acceptors (Lipinski definition) is 6. The van der Waals surface area contributed by atoms with Crippen LogP contribution in [0.15, 0.2) is 11.6 Å². The minimum absolute atomic E-state index is 0.0751. The Morgan fingerprint density at radius 2 is 1.96 bits per heavy atom. The minimum atomic E-state index is 0.0751. The van der Waals surface area contributed by atoms with Gasteiger partial charge in [-0.05, 0) is 31.7 Å². The van der Waals surface area contributed by atoms with Crippen LogP contribution in [-0.2, 0) is 4.79 Å². The van der Waals surface area contributed by atoms with Gasteiger partial charge in [-0.3, -0.25) is 14.6 Å². The van der Waals surface area contributed by atoms with E-state index < -0.39 is 0 Å². The second kappa shape index (κ2) is 7.70. The molecule has 1 saturated carbocycles. The molecule has 7 heteroatoms. The predicted octanol–water partition coefficient (Wildman–Crippen LogP) is 1.43. The van der Waals surface area contributed by atoms with Gasteiger partial charge in [-0.1, -0.05) is 6.42 Å². The third-order valence-electron chi connectivity index (χ3n) is 6.11. The first-order chi connectivity index (χ1) is 12.2. The molecule has 1 aliphatic carbocycles. The molecule has 2 atom stereocenters. The molecule has 138 valence electrons. The maximum atomic E-state index is 12.3. The van der Waals surface area contributed by atoms with E-state index in [1.54, 1.807) is 6.20 Å². The van der Waals surface area contributed by atoms with Gasteiger partial charge in [-0.15, -0.1) is 11.3 Å². The van der Waals surface area contributed by atoms with Crippen molar-refractivity contribution in [3.05, 3.63) is 11.6 Å². The first kappa shape index (κ1) is 17.4. The molecule has 0 aromatic carbocycles. The summed E-state index contributed by atoms with van der Waals surface area (Å²) in [7, 11) is 2.22. The fraction of sp³-hybridized carbons (Fsp3) is 0.778. The number of piperidine rings is 1. The highest BCUT2D eigenvalue weighted by Gasteiger charge is 2.43. The molecule has 2 bridgehead atoms. The number of likely N-dealkylation sites (tertiary alicyclic amines) is 1. The number of carbonyl (C=O) groups is 1. The summed E-state index contributed by atoms with van der Waals surface area (Å²) in [6, 6.07) is 0.737. The van der Waals surface area contributed by atoms with Crippen molar-refractivity contribution in [2.45, 2.75) is 25.3 Å². The lowest BCUT2D eigenvalue weighted by Crippen LogP contribution is -2.61. The van der Waals surface area contributed by atoms with Crippen LogP contribution in [0, 0.1) is 11.8 Å². The topological polar surface area (TPSA) is 51.7 Å². The summed E-state index contributed by atoms with van der Waals surface area (Å²) in [5, 5.41) is 5.52. The van der Waals surface area contributed by atoms with Crippen LogP contribution in [0.5, 0.6) is 0 Å². The minimum Gasteiger partial charge on any atom is -0.304 e. The van der Waals surface area contributed by atoms with Gasteiger partial charge in [0.15, 0.2) is 5.13 Å². The third kappa shape index (κ3) is 4.05. The van der Waals surface area contributed by atoms with Crippen molar-refractivity contribution >= 4 is 22.4 Å². The van der Waals surface area contributed by atoms with Gasteiger partial charge in [-0.25, -0.2) is 4.98 Å². The summed E-state index contributed by atoms with van der Waals surface area (Å²) in [5.74, 6) is 1.53. The second-order valence-electron chi connectivity index (χ2n) is 7.86. The SMILES string of the molecule is CN1CCN(C2[C@H]3CCC[C@H]2CN(CC(=O)Nc2nccs2)C3)CC1. The predicted molar refractivity (Wildman–Crippen MR) is 101 cm³/mol. The molecule has 1 N–H and O–H groups in total. The number of rotatable bonds is 4. The Morgan fingerprint density at radius 1 is 1.24 bits per heavy atom. The summed E-state index contributed by atoms with van der Waals surface area (Å²) < 4.78 is 0. The molecule has 25 heavy (non-hydrogen) atoms. The first-order valence-electron chi connectivity index (χ1n) is 9.53. The van der Waals surface area contributed by atoms with E-state index in [1.807, 2.05) is 5.38 Å². The molecule has 0 radical (unpaired) electrons. The van der Waals surface area contributed by atoms with E-state index in [0.717, 1.165) is 31.0 Å². The van der Waals surface area contributed by atoms with E-state index in [4.69, 9.17) is 0 Å². The van der Waals surface area contributed by atoms with E-state index >= 15 is 0 Å². The number of piperazine rings is 1. The standard InChI is InChI=1S/C18H29N5OS/c1-21-6-8-23(9-7-21)17-14-3-2-4-15(17)12-22(11-14)13-16(24)20-18-19-5-10-25-18/h5,10,14-15,17H,2-4,6-9,11-13H2,1H3,(H,19,20,24)/t14-,15-/m0/s1. The van der Waals surface area contributed by atoms with Crippen LogP contribution in [0.2, 0.25) is 0 Å². The van der Waals surface area contributed by atoms with Crippen molar-refractivity contribution in [3.63, 3.8) is 0 Å². The van der Waals surface area contributed by atoms with E-state index in [2.05, 4.69) is 32.0 Å². The number of nitrogens with one attached hydrogen (secondary N) is 1.